The predicted octanol–water partition coefficient (Wildman–Crippen LogP) is 2.69. The number of nitrogens with one attached hydrogen (secondary N) is 2. The van der Waals surface area contributed by atoms with Gasteiger partial charge < -0.3 is 10.7 Å². The van der Waals surface area contributed by atoms with Gasteiger partial charge in [-0.25, -0.2) is 0 Å². The van der Waals surface area contributed by atoms with Gasteiger partial charge in [0, 0.05) is 10.7 Å². The number of nitrogens with zero attached hydrogens (tertiary/aromatic N) is 1. The zero-order chi connectivity index (χ0) is 13.8. The summed E-state index contributed by atoms with van der Waals surface area (Å²) in [5.41, 5.74) is 5.17. The van der Waals surface area contributed by atoms with E-state index in [-0.39, 0.29) is 5.91 Å². The Morgan fingerprint density at radius 2 is 2.11 bits per heavy atom. The average molecular weight is 321 g/mol. The second-order valence-electron chi connectivity index (χ2n) is 4.00. The van der Waals surface area contributed by atoms with Crippen LogP contribution in [0.3, 0.4) is 0 Å². The molecule has 98 valence electrons. The molecule has 2 aromatic rings. The molecular weight excluding hydrogens is 308 g/mol. The summed E-state index contributed by atoms with van der Waals surface area (Å²) in [6.45, 7) is 1.98. The summed E-state index contributed by atoms with van der Waals surface area (Å²) < 4.78 is 0.831. The molecule has 0 radical (unpaired) electrons. The van der Waals surface area contributed by atoms with E-state index < -0.39 is 0 Å². The number of nitrogens with two attached hydrogens (primary N) is 1. The van der Waals surface area contributed by atoms with Crippen molar-refractivity contribution in [3.8, 4) is 0 Å². The first kappa shape index (κ1) is 13.5. The smallest absolute Gasteiger partial charge is 0.257 e. The third-order valence-corrected chi connectivity index (χ3v) is 3.25. The average Bonchev–Trinajstić information content (AvgIpc) is 2.41. The number of carbonyl (C=O) groups excluding carboxylic acids is 1. The van der Waals surface area contributed by atoms with E-state index in [1.165, 1.54) is 6.20 Å². The van der Waals surface area contributed by atoms with E-state index in [0.717, 1.165) is 10.0 Å². The molecule has 0 bridgehead atoms. The van der Waals surface area contributed by atoms with Crippen molar-refractivity contribution >= 4 is 33.2 Å². The number of aryl methyl sites for hydroxylation is 1. The van der Waals surface area contributed by atoms with Gasteiger partial charge in [-0.1, -0.05) is 6.07 Å². The summed E-state index contributed by atoms with van der Waals surface area (Å²) in [5.74, 6) is 5.10. The first-order chi connectivity index (χ1) is 9.11. The van der Waals surface area contributed by atoms with E-state index in [4.69, 9.17) is 5.84 Å². The van der Waals surface area contributed by atoms with E-state index in [1.807, 2.05) is 25.1 Å². The van der Waals surface area contributed by atoms with Gasteiger partial charge in [0.1, 0.15) is 0 Å². The number of hydrazine groups is 1. The lowest BCUT2D eigenvalue weighted by atomic mass is 10.2. The molecule has 1 aromatic heterocycles. The Morgan fingerprint density at radius 3 is 2.79 bits per heavy atom. The lowest BCUT2D eigenvalue weighted by molar-refractivity contribution is 0.102. The Bertz CT molecular complexity index is 615. The molecule has 0 atom stereocenters. The molecule has 0 saturated carbocycles. The van der Waals surface area contributed by atoms with Gasteiger partial charge in [0.05, 0.1) is 23.1 Å². The van der Waals surface area contributed by atoms with Crippen molar-refractivity contribution < 1.29 is 4.79 Å². The van der Waals surface area contributed by atoms with E-state index in [9.17, 15) is 4.79 Å². The summed E-state index contributed by atoms with van der Waals surface area (Å²) in [6, 6.07) is 7.31. The van der Waals surface area contributed by atoms with Crippen molar-refractivity contribution in [1.82, 2.24) is 4.98 Å². The quantitative estimate of drug-likeness (QED) is 0.600. The van der Waals surface area contributed by atoms with Crippen LogP contribution >= 0.6 is 15.9 Å². The first-order valence-corrected chi connectivity index (χ1v) is 6.39. The summed E-state index contributed by atoms with van der Waals surface area (Å²) in [7, 11) is 0. The van der Waals surface area contributed by atoms with Crippen molar-refractivity contribution in [1.29, 1.82) is 0 Å². The van der Waals surface area contributed by atoms with Crippen molar-refractivity contribution in [2.24, 2.45) is 5.84 Å². The zero-order valence-corrected chi connectivity index (χ0v) is 11.9. The number of nitrogen functional groups attached to an aromatic ring is 1. The lowest BCUT2D eigenvalue weighted by Crippen LogP contribution is -2.17. The summed E-state index contributed by atoms with van der Waals surface area (Å²) >= 11 is 3.42. The number of carbonyl (C=O) groups is 1. The largest absolute Gasteiger partial charge is 0.322 e. The number of amides is 1. The number of hydrogen-bond acceptors (Lipinski definition) is 4. The van der Waals surface area contributed by atoms with Gasteiger partial charge in [-0.05, 0) is 46.6 Å². The van der Waals surface area contributed by atoms with Crippen molar-refractivity contribution in [3.63, 3.8) is 0 Å². The molecule has 1 heterocycles. The maximum atomic E-state index is 12.2. The molecular formula is C13H13BrN4O. The van der Waals surface area contributed by atoms with Crippen LogP contribution in [0.15, 0.2) is 41.1 Å². The normalized spacial score (nSPS) is 10.1. The number of anilines is 2. The predicted molar refractivity (Wildman–Crippen MR) is 78.9 cm³/mol. The highest BCUT2D eigenvalue weighted by Gasteiger charge is 2.12. The number of halogens is 1. The molecule has 19 heavy (non-hydrogen) atoms. The van der Waals surface area contributed by atoms with E-state index in [1.54, 1.807) is 12.3 Å². The van der Waals surface area contributed by atoms with Gasteiger partial charge in [-0.3, -0.25) is 15.6 Å². The van der Waals surface area contributed by atoms with Crippen LogP contribution < -0.4 is 16.6 Å². The SMILES string of the molecule is Cc1ccc(NC(=O)c2ccncc2NN)c(Br)c1. The van der Waals surface area contributed by atoms with Crippen LogP contribution in [0, 0.1) is 6.92 Å². The molecule has 0 fully saturated rings. The Labute approximate surface area is 119 Å². The molecule has 6 heteroatoms. The standard InChI is InChI=1S/C13H13BrN4O/c1-8-2-3-11(10(14)6-8)17-13(19)9-4-5-16-7-12(9)18-15/h2-7,18H,15H2,1H3,(H,17,19). The maximum absolute atomic E-state index is 12.2. The highest BCUT2D eigenvalue weighted by Crippen LogP contribution is 2.24. The summed E-state index contributed by atoms with van der Waals surface area (Å²) in [4.78, 5) is 16.1. The number of hydrogen-bond donors (Lipinski definition) is 3. The van der Waals surface area contributed by atoms with Gasteiger partial charge in [-0.2, -0.15) is 0 Å². The van der Waals surface area contributed by atoms with Gasteiger partial charge in [0.2, 0.25) is 0 Å². The second-order valence-corrected chi connectivity index (χ2v) is 4.86. The van der Waals surface area contributed by atoms with Gasteiger partial charge in [0.25, 0.3) is 5.91 Å². The van der Waals surface area contributed by atoms with Gasteiger partial charge >= 0.3 is 0 Å². The molecule has 0 unspecified atom stereocenters. The first-order valence-electron chi connectivity index (χ1n) is 5.60. The van der Waals surface area contributed by atoms with Crippen LogP contribution in [-0.4, -0.2) is 10.9 Å². The maximum Gasteiger partial charge on any atom is 0.257 e. The van der Waals surface area contributed by atoms with Crippen molar-refractivity contribution in [2.45, 2.75) is 6.92 Å². The van der Waals surface area contributed by atoms with Crippen LogP contribution in [0.5, 0.6) is 0 Å². The minimum atomic E-state index is -0.250. The van der Waals surface area contributed by atoms with Gasteiger partial charge in [-0.15, -0.1) is 0 Å². The zero-order valence-electron chi connectivity index (χ0n) is 10.3. The molecule has 0 aliphatic carbocycles. The monoisotopic (exact) mass is 320 g/mol. The summed E-state index contributed by atoms with van der Waals surface area (Å²) in [6.07, 6.45) is 3.04. The molecule has 4 N–H and O–H groups in total. The third-order valence-electron chi connectivity index (χ3n) is 2.59. The second kappa shape index (κ2) is 5.81. The minimum Gasteiger partial charge on any atom is -0.322 e. The molecule has 5 nitrogen and oxygen atoms in total. The third kappa shape index (κ3) is 3.10. The highest BCUT2D eigenvalue weighted by atomic mass is 79.9. The van der Waals surface area contributed by atoms with Crippen molar-refractivity contribution in [3.05, 3.63) is 52.3 Å². The highest BCUT2D eigenvalue weighted by molar-refractivity contribution is 9.10. The minimum absolute atomic E-state index is 0.250. The van der Waals surface area contributed by atoms with Crippen molar-refractivity contribution in [2.75, 3.05) is 10.7 Å². The van der Waals surface area contributed by atoms with Crippen LogP contribution in [0.1, 0.15) is 15.9 Å². The van der Waals surface area contributed by atoms with Crippen LogP contribution in [0.2, 0.25) is 0 Å². The Kier molecular flexibility index (Phi) is 4.13. The fourth-order valence-electron chi connectivity index (χ4n) is 1.62. The lowest BCUT2D eigenvalue weighted by Gasteiger charge is -2.10. The van der Waals surface area contributed by atoms with E-state index in [2.05, 4.69) is 31.7 Å². The van der Waals surface area contributed by atoms with Crippen LogP contribution in [0.25, 0.3) is 0 Å². The molecule has 2 rings (SSSR count). The number of aromatic nitrogens is 1. The Morgan fingerprint density at radius 1 is 1.32 bits per heavy atom. The number of rotatable bonds is 3. The molecule has 0 saturated heterocycles. The van der Waals surface area contributed by atoms with Crippen LogP contribution in [-0.2, 0) is 0 Å². The fourth-order valence-corrected chi connectivity index (χ4v) is 2.21. The van der Waals surface area contributed by atoms with Gasteiger partial charge in [0.15, 0.2) is 0 Å². The molecule has 0 aliphatic heterocycles. The summed E-state index contributed by atoms with van der Waals surface area (Å²) in [5, 5.41) is 2.82. The molecule has 1 amide bonds. The molecule has 0 aliphatic rings. The number of benzene rings is 1. The Hall–Kier alpha value is -1.92. The number of pyridine rings is 1. The Balaban J connectivity index is 2.26. The topological polar surface area (TPSA) is 80.0 Å². The van der Waals surface area contributed by atoms with Crippen LogP contribution in [0.4, 0.5) is 11.4 Å². The molecule has 1 aromatic carbocycles. The van der Waals surface area contributed by atoms with E-state index in [0.29, 0.717) is 16.9 Å². The van der Waals surface area contributed by atoms with E-state index >= 15 is 0 Å². The molecule has 0 spiro atoms. The fraction of sp³-hybridized carbons (Fsp3) is 0.0769.